The third-order valence-electron chi connectivity index (χ3n) is 3.47. The van der Waals surface area contributed by atoms with Gasteiger partial charge in [0.15, 0.2) is 11.6 Å². The Hall–Kier alpha value is -1.49. The van der Waals surface area contributed by atoms with Crippen molar-refractivity contribution in [1.82, 2.24) is 10.6 Å². The predicted molar refractivity (Wildman–Crippen MR) is 73.3 cm³/mol. The summed E-state index contributed by atoms with van der Waals surface area (Å²) in [5, 5.41) is 6.10. The minimum absolute atomic E-state index is 0.0323. The number of carbonyl (C=O) groups excluding carboxylic acids is 1. The zero-order chi connectivity index (χ0) is 14.8. The average molecular weight is 282 g/mol. The lowest BCUT2D eigenvalue weighted by molar-refractivity contribution is -0.124. The second-order valence-corrected chi connectivity index (χ2v) is 5.95. The summed E-state index contributed by atoms with van der Waals surface area (Å²) in [7, 11) is 0. The Morgan fingerprint density at radius 3 is 2.75 bits per heavy atom. The molecule has 1 aliphatic rings. The summed E-state index contributed by atoms with van der Waals surface area (Å²) in [6.07, 6.45) is 2.29. The van der Waals surface area contributed by atoms with Crippen LogP contribution in [0.15, 0.2) is 18.2 Å². The Balaban J connectivity index is 1.98. The highest BCUT2D eigenvalue weighted by Crippen LogP contribution is 2.16. The van der Waals surface area contributed by atoms with Gasteiger partial charge < -0.3 is 10.6 Å². The predicted octanol–water partition coefficient (Wildman–Crippen LogP) is 2.15. The van der Waals surface area contributed by atoms with Crippen LogP contribution in [0, 0.1) is 11.6 Å². The van der Waals surface area contributed by atoms with Gasteiger partial charge >= 0.3 is 0 Å². The summed E-state index contributed by atoms with van der Waals surface area (Å²) in [4.78, 5) is 12.1. The molecule has 0 bridgehead atoms. The van der Waals surface area contributed by atoms with Crippen LogP contribution in [0.4, 0.5) is 8.78 Å². The molecule has 1 heterocycles. The van der Waals surface area contributed by atoms with Gasteiger partial charge in [-0.15, -0.1) is 0 Å². The summed E-state index contributed by atoms with van der Waals surface area (Å²) in [6.45, 7) is 4.61. The smallest absolute Gasteiger partial charge is 0.237 e. The van der Waals surface area contributed by atoms with Crippen LogP contribution >= 0.6 is 0 Å². The van der Waals surface area contributed by atoms with Gasteiger partial charge in [0, 0.05) is 5.54 Å². The molecular weight excluding hydrogens is 262 g/mol. The molecule has 0 aliphatic carbocycles. The van der Waals surface area contributed by atoms with Crippen LogP contribution in [-0.4, -0.2) is 24.0 Å². The molecule has 3 nitrogen and oxygen atoms in total. The second kappa shape index (κ2) is 5.87. The Bertz CT molecular complexity index is 497. The fraction of sp³-hybridized carbons (Fsp3) is 0.533. The van der Waals surface area contributed by atoms with Crippen LogP contribution in [0.5, 0.6) is 0 Å². The summed E-state index contributed by atoms with van der Waals surface area (Å²) in [5.41, 5.74) is 0.152. The minimum Gasteiger partial charge on any atom is -0.350 e. The SMILES string of the molecule is CC(C)(Cc1ccc(F)c(F)c1)NC(=O)C1CCCN1. The first kappa shape index (κ1) is 14.9. The number of halogens is 2. The van der Waals surface area contributed by atoms with Gasteiger partial charge in [-0.3, -0.25) is 4.79 Å². The van der Waals surface area contributed by atoms with E-state index in [-0.39, 0.29) is 11.9 Å². The summed E-state index contributed by atoms with van der Waals surface area (Å²) < 4.78 is 26.1. The largest absolute Gasteiger partial charge is 0.350 e. The van der Waals surface area contributed by atoms with Gasteiger partial charge in [-0.2, -0.15) is 0 Å². The molecule has 0 radical (unpaired) electrons. The second-order valence-electron chi connectivity index (χ2n) is 5.95. The summed E-state index contributed by atoms with van der Waals surface area (Å²) in [5.74, 6) is -1.75. The van der Waals surface area contributed by atoms with E-state index in [1.54, 1.807) is 6.07 Å². The van der Waals surface area contributed by atoms with Gasteiger partial charge in [0.2, 0.25) is 5.91 Å². The first-order chi connectivity index (χ1) is 9.37. The molecule has 2 rings (SSSR count). The van der Waals surface area contributed by atoms with Crippen LogP contribution < -0.4 is 10.6 Å². The molecule has 1 saturated heterocycles. The molecule has 1 fully saturated rings. The highest BCUT2D eigenvalue weighted by Gasteiger charge is 2.28. The Labute approximate surface area is 117 Å². The van der Waals surface area contributed by atoms with Crippen LogP contribution in [0.3, 0.4) is 0 Å². The Morgan fingerprint density at radius 2 is 2.15 bits per heavy atom. The normalized spacial score (nSPS) is 19.1. The van der Waals surface area contributed by atoms with E-state index >= 15 is 0 Å². The molecular formula is C15H20F2N2O. The van der Waals surface area contributed by atoms with E-state index in [2.05, 4.69) is 10.6 Å². The summed E-state index contributed by atoms with van der Waals surface area (Å²) >= 11 is 0. The van der Waals surface area contributed by atoms with Crippen molar-refractivity contribution in [3.8, 4) is 0 Å². The van der Waals surface area contributed by atoms with E-state index < -0.39 is 17.2 Å². The zero-order valence-corrected chi connectivity index (χ0v) is 11.8. The van der Waals surface area contributed by atoms with Gasteiger partial charge in [-0.1, -0.05) is 6.07 Å². The van der Waals surface area contributed by atoms with Crippen molar-refractivity contribution in [3.63, 3.8) is 0 Å². The number of amides is 1. The van der Waals surface area contributed by atoms with Crippen LogP contribution in [0.25, 0.3) is 0 Å². The summed E-state index contributed by atoms with van der Waals surface area (Å²) in [6, 6.07) is 3.69. The van der Waals surface area contributed by atoms with Crippen LogP contribution in [0.2, 0.25) is 0 Å². The van der Waals surface area contributed by atoms with E-state index in [1.807, 2.05) is 13.8 Å². The molecule has 1 atom stereocenters. The zero-order valence-electron chi connectivity index (χ0n) is 11.8. The van der Waals surface area contributed by atoms with E-state index in [9.17, 15) is 13.6 Å². The number of carbonyl (C=O) groups is 1. The fourth-order valence-electron chi connectivity index (χ4n) is 2.53. The van der Waals surface area contributed by atoms with Crippen molar-refractivity contribution in [2.24, 2.45) is 0 Å². The Morgan fingerprint density at radius 1 is 1.40 bits per heavy atom. The number of nitrogens with one attached hydrogen (secondary N) is 2. The molecule has 110 valence electrons. The van der Waals surface area contributed by atoms with Gasteiger partial charge in [0.1, 0.15) is 0 Å². The quantitative estimate of drug-likeness (QED) is 0.888. The van der Waals surface area contributed by atoms with E-state index in [4.69, 9.17) is 0 Å². The van der Waals surface area contributed by atoms with Crippen molar-refractivity contribution in [2.75, 3.05) is 6.54 Å². The lowest BCUT2D eigenvalue weighted by atomic mass is 9.94. The van der Waals surface area contributed by atoms with E-state index in [0.29, 0.717) is 12.0 Å². The molecule has 1 amide bonds. The maximum Gasteiger partial charge on any atom is 0.237 e. The molecule has 1 aliphatic heterocycles. The van der Waals surface area contributed by atoms with E-state index in [1.165, 1.54) is 6.07 Å². The number of hydrogen-bond donors (Lipinski definition) is 2. The van der Waals surface area contributed by atoms with Gasteiger partial charge in [0.05, 0.1) is 6.04 Å². The molecule has 1 unspecified atom stereocenters. The lowest BCUT2D eigenvalue weighted by Gasteiger charge is -2.28. The maximum atomic E-state index is 13.2. The standard InChI is InChI=1S/C15H20F2N2O/c1-15(2,19-14(20)13-4-3-7-18-13)9-10-5-6-11(16)12(17)8-10/h5-6,8,13,18H,3-4,7,9H2,1-2H3,(H,19,20). The average Bonchev–Trinajstić information content (AvgIpc) is 2.86. The number of hydrogen-bond acceptors (Lipinski definition) is 2. The first-order valence-corrected chi connectivity index (χ1v) is 6.87. The molecule has 0 saturated carbocycles. The van der Waals surface area contributed by atoms with Gasteiger partial charge in [-0.05, 0) is 57.4 Å². The van der Waals surface area contributed by atoms with Gasteiger partial charge in [-0.25, -0.2) is 8.78 Å². The third kappa shape index (κ3) is 3.76. The van der Waals surface area contributed by atoms with Gasteiger partial charge in [0.25, 0.3) is 0 Å². The van der Waals surface area contributed by atoms with E-state index in [0.717, 1.165) is 25.5 Å². The van der Waals surface area contributed by atoms with Crippen LogP contribution in [0.1, 0.15) is 32.3 Å². The third-order valence-corrected chi connectivity index (χ3v) is 3.47. The molecule has 0 spiro atoms. The van der Waals surface area contributed by atoms with Crippen LogP contribution in [-0.2, 0) is 11.2 Å². The highest BCUT2D eigenvalue weighted by atomic mass is 19.2. The number of benzene rings is 1. The highest BCUT2D eigenvalue weighted by molar-refractivity contribution is 5.82. The molecule has 2 N–H and O–H groups in total. The Kier molecular flexibility index (Phi) is 4.38. The van der Waals surface area contributed by atoms with Crippen molar-refractivity contribution in [1.29, 1.82) is 0 Å². The molecule has 20 heavy (non-hydrogen) atoms. The molecule has 1 aromatic carbocycles. The maximum absolute atomic E-state index is 13.2. The molecule has 5 heteroatoms. The van der Waals surface area contributed by atoms with Crippen molar-refractivity contribution >= 4 is 5.91 Å². The topological polar surface area (TPSA) is 41.1 Å². The molecule has 0 aromatic heterocycles. The fourth-order valence-corrected chi connectivity index (χ4v) is 2.53. The first-order valence-electron chi connectivity index (χ1n) is 6.87. The monoisotopic (exact) mass is 282 g/mol. The molecule has 1 aromatic rings. The lowest BCUT2D eigenvalue weighted by Crippen LogP contribution is -2.51. The number of rotatable bonds is 4. The van der Waals surface area contributed by atoms with Crippen molar-refractivity contribution < 1.29 is 13.6 Å². The van der Waals surface area contributed by atoms with Crippen molar-refractivity contribution in [2.45, 2.75) is 44.7 Å². The minimum atomic E-state index is -0.859. The van der Waals surface area contributed by atoms with Crippen molar-refractivity contribution in [3.05, 3.63) is 35.4 Å².